The van der Waals surface area contributed by atoms with E-state index in [9.17, 15) is 14.4 Å². The molecule has 2 aromatic carbocycles. The van der Waals surface area contributed by atoms with Crippen molar-refractivity contribution in [2.24, 2.45) is 5.10 Å². The third kappa shape index (κ3) is 7.80. The summed E-state index contributed by atoms with van der Waals surface area (Å²) in [6.45, 7) is 5.26. The van der Waals surface area contributed by atoms with Gasteiger partial charge in [-0.15, -0.1) is 0 Å². The number of benzene rings is 2. The molecule has 9 nitrogen and oxygen atoms in total. The first-order valence-electron chi connectivity index (χ1n) is 10.2. The predicted molar refractivity (Wildman–Crippen MR) is 127 cm³/mol. The molecule has 0 heterocycles. The smallest absolute Gasteiger partial charge is 0.329 e. The Bertz CT molecular complexity index is 1040. The van der Waals surface area contributed by atoms with E-state index < -0.39 is 11.8 Å². The van der Waals surface area contributed by atoms with Crippen molar-refractivity contribution in [1.29, 1.82) is 0 Å². The van der Waals surface area contributed by atoms with Crippen LogP contribution in [-0.2, 0) is 14.4 Å². The van der Waals surface area contributed by atoms with Crippen molar-refractivity contribution in [3.8, 4) is 11.5 Å². The third-order valence-electron chi connectivity index (χ3n) is 4.66. The number of rotatable bonds is 9. The van der Waals surface area contributed by atoms with Crippen LogP contribution in [0.3, 0.4) is 0 Å². The average Bonchev–Trinajstić information content (AvgIpc) is 2.80. The highest BCUT2D eigenvalue weighted by Gasteiger charge is 2.14. The summed E-state index contributed by atoms with van der Waals surface area (Å²) in [4.78, 5) is 35.7. The van der Waals surface area contributed by atoms with Crippen molar-refractivity contribution in [3.63, 3.8) is 0 Å². The molecule has 0 aromatic heterocycles. The van der Waals surface area contributed by atoms with Crippen molar-refractivity contribution < 1.29 is 23.9 Å². The summed E-state index contributed by atoms with van der Waals surface area (Å²) in [5, 5.41) is 9.63. The SMILES string of the molecule is CC[C@H](C)NC(=O)C(=O)N/N=C\c1ccc(OCC(=O)Nc2cccc(Cl)c2C)c(OC)c1. The van der Waals surface area contributed by atoms with Gasteiger partial charge in [0.1, 0.15) is 0 Å². The van der Waals surface area contributed by atoms with E-state index >= 15 is 0 Å². The molecule has 2 aromatic rings. The summed E-state index contributed by atoms with van der Waals surface area (Å²) < 4.78 is 10.9. The molecule has 0 radical (unpaired) electrons. The molecule has 3 amide bonds. The van der Waals surface area contributed by atoms with Crippen molar-refractivity contribution in [3.05, 3.63) is 52.5 Å². The number of hydrogen-bond acceptors (Lipinski definition) is 6. The summed E-state index contributed by atoms with van der Waals surface area (Å²) in [7, 11) is 1.46. The zero-order chi connectivity index (χ0) is 24.4. The number of carbonyl (C=O) groups is 3. The number of ether oxygens (including phenoxy) is 2. The van der Waals surface area contributed by atoms with Crippen LogP contribution in [0.25, 0.3) is 0 Å². The topological polar surface area (TPSA) is 118 Å². The maximum Gasteiger partial charge on any atom is 0.329 e. The number of nitrogens with one attached hydrogen (secondary N) is 3. The van der Waals surface area contributed by atoms with Gasteiger partial charge < -0.3 is 20.1 Å². The van der Waals surface area contributed by atoms with E-state index in [1.54, 1.807) is 43.3 Å². The molecule has 0 fully saturated rings. The van der Waals surface area contributed by atoms with Gasteiger partial charge in [-0.2, -0.15) is 5.10 Å². The lowest BCUT2D eigenvalue weighted by molar-refractivity contribution is -0.139. The maximum atomic E-state index is 12.2. The predicted octanol–water partition coefficient (Wildman–Crippen LogP) is 3.04. The Kier molecular flexibility index (Phi) is 9.68. The van der Waals surface area contributed by atoms with Gasteiger partial charge in [0, 0.05) is 16.8 Å². The number of halogens is 1. The Morgan fingerprint density at radius 3 is 2.61 bits per heavy atom. The summed E-state index contributed by atoms with van der Waals surface area (Å²) >= 11 is 6.07. The Morgan fingerprint density at radius 2 is 1.91 bits per heavy atom. The van der Waals surface area contributed by atoms with Crippen LogP contribution in [0.15, 0.2) is 41.5 Å². The number of hydrazone groups is 1. The van der Waals surface area contributed by atoms with Gasteiger partial charge in [0.2, 0.25) is 0 Å². The fourth-order valence-corrected chi connectivity index (χ4v) is 2.74. The molecule has 0 aliphatic carbocycles. The molecular formula is C23H27ClN4O5. The van der Waals surface area contributed by atoms with E-state index in [2.05, 4.69) is 21.2 Å². The van der Waals surface area contributed by atoms with Gasteiger partial charge in [-0.3, -0.25) is 14.4 Å². The summed E-state index contributed by atoms with van der Waals surface area (Å²) in [6, 6.07) is 10.0. The summed E-state index contributed by atoms with van der Waals surface area (Å²) in [6.07, 6.45) is 2.06. The van der Waals surface area contributed by atoms with Crippen LogP contribution >= 0.6 is 11.6 Å². The van der Waals surface area contributed by atoms with E-state index in [-0.39, 0.29) is 18.6 Å². The minimum Gasteiger partial charge on any atom is -0.493 e. The molecule has 0 spiro atoms. The molecule has 1 atom stereocenters. The molecule has 10 heteroatoms. The Morgan fingerprint density at radius 1 is 1.15 bits per heavy atom. The van der Waals surface area contributed by atoms with Crippen LogP contribution in [0.2, 0.25) is 5.02 Å². The zero-order valence-corrected chi connectivity index (χ0v) is 19.7. The van der Waals surface area contributed by atoms with E-state index in [0.29, 0.717) is 34.2 Å². The van der Waals surface area contributed by atoms with Gasteiger partial charge in [-0.25, -0.2) is 5.43 Å². The van der Waals surface area contributed by atoms with Crippen LogP contribution in [0.4, 0.5) is 5.69 Å². The highest BCUT2D eigenvalue weighted by Crippen LogP contribution is 2.28. The minimum atomic E-state index is -0.862. The highest BCUT2D eigenvalue weighted by atomic mass is 35.5. The molecular weight excluding hydrogens is 448 g/mol. The number of carbonyl (C=O) groups excluding carboxylic acids is 3. The van der Waals surface area contributed by atoms with Gasteiger partial charge in [0.05, 0.1) is 13.3 Å². The van der Waals surface area contributed by atoms with Gasteiger partial charge in [-0.05, 0) is 61.7 Å². The normalized spacial score (nSPS) is 11.5. The zero-order valence-electron chi connectivity index (χ0n) is 18.9. The van der Waals surface area contributed by atoms with Gasteiger partial charge in [0.25, 0.3) is 5.91 Å². The fraction of sp³-hybridized carbons (Fsp3) is 0.304. The van der Waals surface area contributed by atoms with Crippen molar-refractivity contribution >= 4 is 41.2 Å². The largest absolute Gasteiger partial charge is 0.493 e. The second-order valence-electron chi connectivity index (χ2n) is 7.14. The number of methoxy groups -OCH3 is 1. The second-order valence-corrected chi connectivity index (χ2v) is 7.55. The quantitative estimate of drug-likeness (QED) is 0.293. The molecule has 0 aliphatic heterocycles. The van der Waals surface area contributed by atoms with Crippen molar-refractivity contribution in [1.82, 2.24) is 10.7 Å². The molecule has 0 saturated heterocycles. The van der Waals surface area contributed by atoms with Crippen LogP contribution in [-0.4, -0.2) is 43.7 Å². The van der Waals surface area contributed by atoms with E-state index in [0.717, 1.165) is 5.56 Å². The lowest BCUT2D eigenvalue weighted by atomic mass is 10.2. The second kappa shape index (κ2) is 12.4. The van der Waals surface area contributed by atoms with Crippen molar-refractivity contribution in [2.75, 3.05) is 19.0 Å². The minimum absolute atomic E-state index is 0.111. The molecule has 176 valence electrons. The lowest BCUT2D eigenvalue weighted by Gasteiger charge is -2.13. The van der Waals surface area contributed by atoms with Gasteiger partial charge >= 0.3 is 11.8 Å². The van der Waals surface area contributed by atoms with E-state index in [1.165, 1.54) is 13.3 Å². The highest BCUT2D eigenvalue weighted by molar-refractivity contribution is 6.35. The van der Waals surface area contributed by atoms with Crippen LogP contribution < -0.4 is 25.5 Å². The molecule has 2 rings (SSSR count). The first kappa shape index (κ1) is 25.7. The summed E-state index contributed by atoms with van der Waals surface area (Å²) in [5.41, 5.74) is 4.12. The number of anilines is 1. The molecule has 0 unspecified atom stereocenters. The molecule has 0 bridgehead atoms. The number of nitrogens with zero attached hydrogens (tertiary/aromatic N) is 1. The van der Waals surface area contributed by atoms with Crippen LogP contribution in [0.1, 0.15) is 31.4 Å². The van der Waals surface area contributed by atoms with E-state index in [4.69, 9.17) is 21.1 Å². The Labute approximate surface area is 197 Å². The van der Waals surface area contributed by atoms with E-state index in [1.807, 2.05) is 13.8 Å². The monoisotopic (exact) mass is 474 g/mol. The maximum absolute atomic E-state index is 12.2. The Balaban J connectivity index is 1.94. The first-order valence-corrected chi connectivity index (χ1v) is 10.6. The first-order chi connectivity index (χ1) is 15.7. The van der Waals surface area contributed by atoms with Crippen LogP contribution in [0.5, 0.6) is 11.5 Å². The number of hydrogen-bond donors (Lipinski definition) is 3. The van der Waals surface area contributed by atoms with Crippen LogP contribution in [0, 0.1) is 6.92 Å². The Hall–Kier alpha value is -3.59. The average molecular weight is 475 g/mol. The van der Waals surface area contributed by atoms with Gasteiger partial charge in [0.15, 0.2) is 18.1 Å². The standard InChI is InChI=1S/C23H27ClN4O5/c1-5-14(2)26-22(30)23(31)28-25-12-16-9-10-19(20(11-16)32-4)33-13-21(29)27-18-8-6-7-17(24)15(18)3/h6-12,14H,5,13H2,1-4H3,(H,26,30)(H,27,29)(H,28,31)/b25-12-/t14-/m0/s1. The number of amides is 3. The van der Waals surface area contributed by atoms with Crippen molar-refractivity contribution in [2.45, 2.75) is 33.2 Å². The molecule has 0 aliphatic rings. The van der Waals surface area contributed by atoms with Gasteiger partial charge in [-0.1, -0.05) is 24.6 Å². The molecule has 0 saturated carbocycles. The summed E-state index contributed by atoms with van der Waals surface area (Å²) in [5.74, 6) is -1.25. The molecule has 3 N–H and O–H groups in total. The fourth-order valence-electron chi connectivity index (χ4n) is 2.56. The third-order valence-corrected chi connectivity index (χ3v) is 5.07. The lowest BCUT2D eigenvalue weighted by Crippen LogP contribution is -2.41. The molecule has 33 heavy (non-hydrogen) atoms.